The number of rotatable bonds is 7. The number of hydrogen-bond acceptors (Lipinski definition) is 5. The number of aliphatic imine (C=N–C) groups is 1. The van der Waals surface area contributed by atoms with E-state index in [-0.39, 0.29) is 5.56 Å². The van der Waals surface area contributed by atoms with Crippen LogP contribution in [0.3, 0.4) is 0 Å². The van der Waals surface area contributed by atoms with Gasteiger partial charge in [-0.15, -0.1) is 0 Å². The molecule has 3 aliphatic rings. The minimum atomic E-state index is -0.0963. The van der Waals surface area contributed by atoms with Crippen molar-refractivity contribution in [3.63, 3.8) is 0 Å². The fourth-order valence-corrected chi connectivity index (χ4v) is 4.44. The van der Waals surface area contributed by atoms with Gasteiger partial charge < -0.3 is 15.2 Å². The summed E-state index contributed by atoms with van der Waals surface area (Å²) in [6.45, 7) is 6.55. The zero-order chi connectivity index (χ0) is 22.6. The number of pyridine rings is 1. The van der Waals surface area contributed by atoms with Crippen LogP contribution in [0.2, 0.25) is 0 Å². The molecule has 0 bridgehead atoms. The lowest BCUT2D eigenvalue weighted by Crippen LogP contribution is -2.47. The normalized spacial score (nSPS) is 19.7. The zero-order valence-electron chi connectivity index (χ0n) is 19.1. The van der Waals surface area contributed by atoms with E-state index in [4.69, 9.17) is 0 Å². The van der Waals surface area contributed by atoms with E-state index >= 15 is 0 Å². The van der Waals surface area contributed by atoms with E-state index in [9.17, 15) is 4.79 Å². The van der Waals surface area contributed by atoms with Crippen LogP contribution in [0.4, 0.5) is 11.4 Å². The molecule has 5 rings (SSSR count). The zero-order valence-corrected chi connectivity index (χ0v) is 19.1. The third-order valence-corrected chi connectivity index (χ3v) is 6.58. The second-order valence-corrected chi connectivity index (χ2v) is 8.96. The average molecular weight is 442 g/mol. The Bertz CT molecular complexity index is 1160. The number of aromatic amines is 1. The second kappa shape index (κ2) is 9.63. The first-order chi connectivity index (χ1) is 16.2. The number of allylic oxidation sites excluding steroid dienone is 5. The Morgan fingerprint density at radius 2 is 1.88 bits per heavy atom. The lowest BCUT2D eigenvalue weighted by Gasteiger charge is -2.36. The largest absolute Gasteiger partial charge is 0.369 e. The molecule has 33 heavy (non-hydrogen) atoms. The van der Waals surface area contributed by atoms with Gasteiger partial charge in [-0.3, -0.25) is 14.7 Å². The summed E-state index contributed by atoms with van der Waals surface area (Å²) in [4.78, 5) is 23.9. The van der Waals surface area contributed by atoms with Crippen molar-refractivity contribution in [1.82, 2.24) is 9.88 Å². The topological polar surface area (TPSA) is 63.7 Å². The number of nitrogens with zero attached hydrogens (tertiary/aromatic N) is 3. The number of nitrogens with one attached hydrogen (secondary N) is 2. The molecule has 0 radical (unpaired) electrons. The summed E-state index contributed by atoms with van der Waals surface area (Å²) in [7, 11) is 0. The molecule has 1 saturated carbocycles. The molecule has 170 valence electrons. The fraction of sp³-hybridized carbons (Fsp3) is 0.333. The van der Waals surface area contributed by atoms with Crippen molar-refractivity contribution in [3.8, 4) is 0 Å². The molecule has 0 spiro atoms. The van der Waals surface area contributed by atoms with E-state index < -0.39 is 0 Å². The number of aromatic nitrogens is 1. The van der Waals surface area contributed by atoms with Crippen LogP contribution in [0.5, 0.6) is 0 Å². The van der Waals surface area contributed by atoms with E-state index in [2.05, 4.69) is 55.4 Å². The maximum absolute atomic E-state index is 11.6. The van der Waals surface area contributed by atoms with Crippen LogP contribution in [0, 0.1) is 0 Å². The molecule has 0 unspecified atom stereocenters. The van der Waals surface area contributed by atoms with Crippen molar-refractivity contribution in [2.75, 3.05) is 36.4 Å². The Morgan fingerprint density at radius 1 is 1.09 bits per heavy atom. The summed E-state index contributed by atoms with van der Waals surface area (Å²) >= 11 is 0. The highest BCUT2D eigenvalue weighted by Gasteiger charge is 2.31. The minimum Gasteiger partial charge on any atom is -0.369 e. The standard InChI is InChI=1S/C27H31N5O/c1-20(21-12-14-29-27(33)19-21)4-11-26(25-3-2-13-28-25)30-22-5-7-23(8-6-22)31-15-17-32(18-16-31)24-9-10-24/h2,4-8,11-14,19,24,30H,3,9-10,15-18H2,1H3,(H,29,33)/b20-4+,26-11+. The van der Waals surface area contributed by atoms with E-state index in [0.717, 1.165) is 53.8 Å². The van der Waals surface area contributed by atoms with Crippen molar-refractivity contribution in [2.24, 2.45) is 4.99 Å². The maximum atomic E-state index is 11.6. The summed E-state index contributed by atoms with van der Waals surface area (Å²) in [6, 6.07) is 13.1. The molecule has 3 heterocycles. The van der Waals surface area contributed by atoms with Crippen molar-refractivity contribution >= 4 is 22.7 Å². The number of anilines is 2. The monoisotopic (exact) mass is 441 g/mol. The highest BCUT2D eigenvalue weighted by atomic mass is 16.1. The van der Waals surface area contributed by atoms with Crippen LogP contribution >= 0.6 is 0 Å². The predicted octanol–water partition coefficient (Wildman–Crippen LogP) is 4.42. The lowest BCUT2D eigenvalue weighted by molar-refractivity contribution is 0.248. The summed E-state index contributed by atoms with van der Waals surface area (Å²) in [5.41, 5.74) is 6.13. The van der Waals surface area contributed by atoms with Gasteiger partial charge in [0.25, 0.3) is 0 Å². The van der Waals surface area contributed by atoms with E-state index in [1.54, 1.807) is 12.3 Å². The first-order valence-electron chi connectivity index (χ1n) is 11.8. The van der Waals surface area contributed by atoms with Crippen LogP contribution in [0.25, 0.3) is 5.57 Å². The average Bonchev–Trinajstić information content (AvgIpc) is 3.56. The number of piperazine rings is 1. The molecule has 6 heteroatoms. The molecular formula is C27H31N5O. The van der Waals surface area contributed by atoms with Gasteiger partial charge in [0, 0.05) is 68.5 Å². The Morgan fingerprint density at radius 3 is 2.55 bits per heavy atom. The Balaban J connectivity index is 1.28. The molecule has 1 aromatic carbocycles. The third kappa shape index (κ3) is 5.34. The molecule has 2 aliphatic heterocycles. The molecule has 1 saturated heterocycles. The third-order valence-electron chi connectivity index (χ3n) is 6.58. The number of benzene rings is 1. The number of H-pyrrole nitrogens is 1. The van der Waals surface area contributed by atoms with Gasteiger partial charge >= 0.3 is 0 Å². The Kier molecular flexibility index (Phi) is 6.26. The van der Waals surface area contributed by atoms with Crippen LogP contribution in [-0.2, 0) is 0 Å². The van der Waals surface area contributed by atoms with Crippen molar-refractivity contribution in [1.29, 1.82) is 0 Å². The van der Waals surface area contributed by atoms with Gasteiger partial charge in [-0.25, -0.2) is 0 Å². The lowest BCUT2D eigenvalue weighted by atomic mass is 10.1. The van der Waals surface area contributed by atoms with Crippen LogP contribution < -0.4 is 15.8 Å². The Labute approximate surface area is 195 Å². The molecule has 2 N–H and O–H groups in total. The summed E-state index contributed by atoms with van der Waals surface area (Å²) < 4.78 is 0. The molecule has 1 aromatic heterocycles. The highest BCUT2D eigenvalue weighted by molar-refractivity contribution is 6.05. The van der Waals surface area contributed by atoms with Gasteiger partial charge in [0.1, 0.15) is 0 Å². The second-order valence-electron chi connectivity index (χ2n) is 8.96. The predicted molar refractivity (Wildman–Crippen MR) is 137 cm³/mol. The maximum Gasteiger partial charge on any atom is 0.248 e. The molecule has 0 atom stereocenters. The highest BCUT2D eigenvalue weighted by Crippen LogP contribution is 2.29. The van der Waals surface area contributed by atoms with E-state index in [0.29, 0.717) is 0 Å². The van der Waals surface area contributed by atoms with Gasteiger partial charge in [0.15, 0.2) is 0 Å². The van der Waals surface area contributed by atoms with Gasteiger partial charge in [0.2, 0.25) is 5.56 Å². The molecule has 2 aromatic rings. The minimum absolute atomic E-state index is 0.0963. The van der Waals surface area contributed by atoms with E-state index in [1.807, 2.05) is 31.3 Å². The molecule has 0 amide bonds. The van der Waals surface area contributed by atoms with Gasteiger partial charge in [0.05, 0.1) is 11.4 Å². The summed E-state index contributed by atoms with van der Waals surface area (Å²) in [6.07, 6.45) is 13.2. The first kappa shape index (κ1) is 21.5. The molecule has 1 aliphatic carbocycles. The van der Waals surface area contributed by atoms with E-state index in [1.165, 1.54) is 31.6 Å². The quantitative estimate of drug-likeness (QED) is 0.625. The molecule has 6 nitrogen and oxygen atoms in total. The van der Waals surface area contributed by atoms with Crippen molar-refractivity contribution < 1.29 is 0 Å². The summed E-state index contributed by atoms with van der Waals surface area (Å²) in [5, 5.41) is 3.55. The first-order valence-corrected chi connectivity index (χ1v) is 11.8. The van der Waals surface area contributed by atoms with Crippen molar-refractivity contribution in [3.05, 3.63) is 88.6 Å². The molecular weight excluding hydrogens is 410 g/mol. The molecule has 2 fully saturated rings. The fourth-order valence-electron chi connectivity index (χ4n) is 4.44. The van der Waals surface area contributed by atoms with Gasteiger partial charge in [-0.05, 0) is 67.3 Å². The van der Waals surface area contributed by atoms with Gasteiger partial charge in [-0.2, -0.15) is 0 Å². The number of hydrogen-bond donors (Lipinski definition) is 2. The Hall–Kier alpha value is -3.38. The van der Waals surface area contributed by atoms with Gasteiger partial charge in [-0.1, -0.05) is 12.2 Å². The SMILES string of the molecule is C/C(=C\C=C(\Nc1ccc(N2CCN(C3CC3)CC2)cc1)C1=NC=CC1)c1cc[nH]c(=O)c1. The smallest absolute Gasteiger partial charge is 0.248 e. The van der Waals surface area contributed by atoms with Crippen molar-refractivity contribution in [2.45, 2.75) is 32.2 Å². The van der Waals surface area contributed by atoms with Crippen LogP contribution in [0.15, 0.2) is 82.5 Å². The van der Waals surface area contributed by atoms with Crippen LogP contribution in [0.1, 0.15) is 31.7 Å². The van der Waals surface area contributed by atoms with Crippen LogP contribution in [-0.4, -0.2) is 47.8 Å². The summed E-state index contributed by atoms with van der Waals surface area (Å²) in [5.74, 6) is 0.